The maximum Gasteiger partial charge on any atom is 0.343 e. The van der Waals surface area contributed by atoms with Gasteiger partial charge in [0.2, 0.25) is 5.88 Å². The normalized spacial score (nSPS) is 17.1. The number of nitrogens with two attached hydrogens (primary N) is 1. The number of nitrogens with zero attached hydrogens (tertiary/aromatic N) is 1. The number of hydrogen-bond donors (Lipinski definition) is 1. The van der Waals surface area contributed by atoms with Crippen LogP contribution in [-0.4, -0.2) is 0 Å². The number of thiophene rings is 1. The second kappa shape index (κ2) is 4.95. The van der Waals surface area contributed by atoms with Gasteiger partial charge in [-0.15, -0.1) is 11.3 Å². The summed E-state index contributed by atoms with van der Waals surface area (Å²) in [6.07, 6.45) is 0. The lowest BCUT2D eigenvalue weighted by Gasteiger charge is -2.24. The highest BCUT2D eigenvalue weighted by Gasteiger charge is 2.35. The Morgan fingerprint density at radius 1 is 1.48 bits per heavy atom. The summed E-state index contributed by atoms with van der Waals surface area (Å²) >= 11 is 7.23. The molecule has 106 valence electrons. The Bertz CT molecular complexity index is 860. The number of nitriles is 1. The molecule has 0 spiro atoms. The summed E-state index contributed by atoms with van der Waals surface area (Å²) in [6.45, 7) is 1.64. The van der Waals surface area contributed by atoms with Crippen molar-refractivity contribution < 1.29 is 9.15 Å². The number of ether oxygens (including phenoxy) is 1. The van der Waals surface area contributed by atoms with Crippen LogP contribution in [0, 0.1) is 18.3 Å². The van der Waals surface area contributed by atoms with Crippen molar-refractivity contribution in [3.8, 4) is 11.8 Å². The first-order valence-corrected chi connectivity index (χ1v) is 7.18. The Kier molecular flexibility index (Phi) is 3.24. The number of halogens is 1. The molecule has 2 aromatic heterocycles. The smallest absolute Gasteiger partial charge is 0.343 e. The number of rotatable bonds is 1. The van der Waals surface area contributed by atoms with Gasteiger partial charge < -0.3 is 14.9 Å². The molecule has 0 radical (unpaired) electrons. The van der Waals surface area contributed by atoms with Gasteiger partial charge in [0.15, 0.2) is 0 Å². The van der Waals surface area contributed by atoms with E-state index in [4.69, 9.17) is 26.5 Å². The van der Waals surface area contributed by atoms with Crippen molar-refractivity contribution in [2.75, 3.05) is 0 Å². The third-order valence-electron chi connectivity index (χ3n) is 3.14. The van der Waals surface area contributed by atoms with Gasteiger partial charge in [-0.1, -0.05) is 11.6 Å². The van der Waals surface area contributed by atoms with Crippen LogP contribution < -0.4 is 16.1 Å². The molecule has 2 aromatic rings. The van der Waals surface area contributed by atoms with E-state index in [1.807, 2.05) is 6.07 Å². The molecule has 0 aromatic carbocycles. The maximum atomic E-state index is 12.2. The monoisotopic (exact) mass is 320 g/mol. The van der Waals surface area contributed by atoms with E-state index >= 15 is 0 Å². The van der Waals surface area contributed by atoms with Crippen LogP contribution in [-0.2, 0) is 0 Å². The van der Waals surface area contributed by atoms with Gasteiger partial charge in [0.1, 0.15) is 23.2 Å². The molecule has 1 atom stereocenters. The van der Waals surface area contributed by atoms with Crippen LogP contribution in [0.3, 0.4) is 0 Å². The molecule has 2 N–H and O–H groups in total. The lowest BCUT2D eigenvalue weighted by Crippen LogP contribution is -2.25. The third kappa shape index (κ3) is 2.20. The predicted octanol–water partition coefficient (Wildman–Crippen LogP) is 2.88. The third-order valence-corrected chi connectivity index (χ3v) is 4.43. The molecule has 0 saturated heterocycles. The molecular formula is C14H9ClN2O3S. The molecule has 1 aliphatic heterocycles. The lowest BCUT2D eigenvalue weighted by molar-refractivity contribution is 0.372. The lowest BCUT2D eigenvalue weighted by atomic mass is 9.89. The summed E-state index contributed by atoms with van der Waals surface area (Å²) in [6, 6.07) is 7.06. The van der Waals surface area contributed by atoms with Crippen molar-refractivity contribution >= 4 is 22.9 Å². The first-order chi connectivity index (χ1) is 10.0. The number of fused-ring (bicyclic) bond motifs is 1. The fourth-order valence-corrected chi connectivity index (χ4v) is 3.47. The van der Waals surface area contributed by atoms with Gasteiger partial charge >= 0.3 is 5.63 Å². The molecule has 0 unspecified atom stereocenters. The topological polar surface area (TPSA) is 89.2 Å². The van der Waals surface area contributed by atoms with Crippen LogP contribution in [0.2, 0.25) is 4.34 Å². The Labute approximate surface area is 128 Å². The molecule has 0 fully saturated rings. The van der Waals surface area contributed by atoms with Gasteiger partial charge in [0.25, 0.3) is 0 Å². The highest BCUT2D eigenvalue weighted by Crippen LogP contribution is 2.43. The molecule has 1 aliphatic rings. The minimum Gasteiger partial charge on any atom is -0.440 e. The van der Waals surface area contributed by atoms with Crippen molar-refractivity contribution in [2.24, 2.45) is 5.73 Å². The second-order valence-corrected chi connectivity index (χ2v) is 6.24. The summed E-state index contributed by atoms with van der Waals surface area (Å²) in [5.41, 5.74) is 5.72. The Morgan fingerprint density at radius 3 is 2.86 bits per heavy atom. The maximum absolute atomic E-state index is 12.2. The van der Waals surface area contributed by atoms with Gasteiger partial charge in [0, 0.05) is 10.9 Å². The fraction of sp³-hybridized carbons (Fsp3) is 0.143. The Morgan fingerprint density at radius 2 is 2.24 bits per heavy atom. The fourth-order valence-electron chi connectivity index (χ4n) is 2.29. The second-order valence-electron chi connectivity index (χ2n) is 4.49. The Hall–Kier alpha value is -2.23. The van der Waals surface area contributed by atoms with Crippen LogP contribution >= 0.6 is 22.9 Å². The average molecular weight is 321 g/mol. The van der Waals surface area contributed by atoms with E-state index in [9.17, 15) is 10.1 Å². The van der Waals surface area contributed by atoms with Crippen molar-refractivity contribution in [1.82, 2.24) is 0 Å². The van der Waals surface area contributed by atoms with Crippen LogP contribution in [0.15, 0.2) is 38.9 Å². The van der Waals surface area contributed by atoms with Crippen LogP contribution in [0.1, 0.15) is 22.1 Å². The van der Waals surface area contributed by atoms with Crippen molar-refractivity contribution in [2.45, 2.75) is 12.8 Å². The van der Waals surface area contributed by atoms with Gasteiger partial charge in [-0.3, -0.25) is 0 Å². The SMILES string of the molecule is Cc1cc2c(c(=O)o1)[C@@H](c1ccc(Cl)s1)C(C#N)=C(N)O2. The van der Waals surface area contributed by atoms with Crippen LogP contribution in [0.25, 0.3) is 0 Å². The van der Waals surface area contributed by atoms with E-state index in [1.54, 1.807) is 25.1 Å². The zero-order chi connectivity index (χ0) is 15.1. The highest BCUT2D eigenvalue weighted by atomic mass is 35.5. The average Bonchev–Trinajstić information content (AvgIpc) is 2.83. The number of allylic oxidation sites excluding steroid dienone is 1. The van der Waals surface area contributed by atoms with E-state index in [0.29, 0.717) is 15.8 Å². The zero-order valence-electron chi connectivity index (χ0n) is 10.8. The minimum atomic E-state index is -0.618. The largest absolute Gasteiger partial charge is 0.440 e. The summed E-state index contributed by atoms with van der Waals surface area (Å²) < 4.78 is 11.1. The zero-order valence-corrected chi connectivity index (χ0v) is 12.4. The molecule has 0 bridgehead atoms. The van der Waals surface area contributed by atoms with Crippen LogP contribution in [0.5, 0.6) is 5.75 Å². The summed E-state index contributed by atoms with van der Waals surface area (Å²) in [4.78, 5) is 12.9. The van der Waals surface area contributed by atoms with E-state index in [2.05, 4.69) is 0 Å². The highest BCUT2D eigenvalue weighted by molar-refractivity contribution is 7.16. The molecule has 3 heterocycles. The van der Waals surface area contributed by atoms with Crippen molar-refractivity contribution in [3.63, 3.8) is 0 Å². The molecule has 0 saturated carbocycles. The van der Waals surface area contributed by atoms with E-state index < -0.39 is 11.5 Å². The van der Waals surface area contributed by atoms with Crippen molar-refractivity contribution in [3.05, 3.63) is 60.6 Å². The first kappa shape index (κ1) is 13.7. The molecule has 7 heteroatoms. The predicted molar refractivity (Wildman–Crippen MR) is 78.3 cm³/mol. The van der Waals surface area contributed by atoms with Gasteiger partial charge in [-0.2, -0.15) is 5.26 Å². The summed E-state index contributed by atoms with van der Waals surface area (Å²) in [5.74, 6) is 0.0994. The molecule has 5 nitrogen and oxygen atoms in total. The standard InChI is InChI=1S/C14H9ClN2O3S/c1-6-4-8-12(14(18)19-6)11(7(5-16)13(17)20-8)9-2-3-10(15)21-9/h2-4,11H,17H2,1H3/t11-/m1/s1. The number of aryl methyl sites for hydroxylation is 1. The number of hydrogen-bond acceptors (Lipinski definition) is 6. The van der Waals surface area contributed by atoms with E-state index in [-0.39, 0.29) is 17.0 Å². The van der Waals surface area contributed by atoms with Gasteiger partial charge in [-0.25, -0.2) is 4.79 Å². The molecular weight excluding hydrogens is 312 g/mol. The van der Waals surface area contributed by atoms with Crippen LogP contribution in [0.4, 0.5) is 0 Å². The van der Waals surface area contributed by atoms with Gasteiger partial charge in [-0.05, 0) is 19.1 Å². The van der Waals surface area contributed by atoms with E-state index in [0.717, 1.165) is 4.88 Å². The summed E-state index contributed by atoms with van der Waals surface area (Å²) in [5, 5.41) is 9.34. The Balaban J connectivity index is 2.31. The summed E-state index contributed by atoms with van der Waals surface area (Å²) in [7, 11) is 0. The van der Waals surface area contributed by atoms with E-state index in [1.165, 1.54) is 11.3 Å². The molecule has 0 aliphatic carbocycles. The molecule has 21 heavy (non-hydrogen) atoms. The molecule has 0 amide bonds. The quantitative estimate of drug-likeness (QED) is 0.872. The minimum absolute atomic E-state index is 0.00970. The van der Waals surface area contributed by atoms with Gasteiger partial charge in [0.05, 0.1) is 15.8 Å². The van der Waals surface area contributed by atoms with Crippen molar-refractivity contribution in [1.29, 1.82) is 5.26 Å². The molecule has 3 rings (SSSR count). The first-order valence-electron chi connectivity index (χ1n) is 5.98.